The van der Waals surface area contributed by atoms with E-state index in [0.717, 1.165) is 22.0 Å². The van der Waals surface area contributed by atoms with Crippen molar-refractivity contribution in [3.63, 3.8) is 0 Å². The second-order valence-electron chi connectivity index (χ2n) is 4.57. The van der Waals surface area contributed by atoms with Crippen molar-refractivity contribution in [1.29, 1.82) is 0 Å². The number of ether oxygens (including phenoxy) is 1. The molecule has 5 heteroatoms. The van der Waals surface area contributed by atoms with Crippen molar-refractivity contribution >= 4 is 23.0 Å². The van der Waals surface area contributed by atoms with Crippen LogP contribution in [0, 0.1) is 0 Å². The molecule has 4 nitrogen and oxygen atoms in total. The van der Waals surface area contributed by atoms with Crippen LogP contribution in [0.5, 0.6) is 0 Å². The maximum absolute atomic E-state index is 11.4. The van der Waals surface area contributed by atoms with Crippen LogP contribution in [0.2, 0.25) is 0 Å². The smallest absolute Gasteiger partial charge is 0.311 e. The summed E-state index contributed by atoms with van der Waals surface area (Å²) >= 11 is 1.54. The summed E-state index contributed by atoms with van der Waals surface area (Å²) in [6.45, 7) is 2.21. The Kier molecular flexibility index (Phi) is 4.74. The number of carbonyl (C=O) groups is 1. The maximum atomic E-state index is 11.4. The third kappa shape index (κ3) is 3.57. The zero-order chi connectivity index (χ0) is 14.5. The molecule has 1 aromatic carbocycles. The largest absolute Gasteiger partial charge is 0.466 e. The van der Waals surface area contributed by atoms with E-state index in [2.05, 4.69) is 22.0 Å². The van der Waals surface area contributed by atoms with Gasteiger partial charge in [-0.15, -0.1) is 11.3 Å². The number of aromatic nitrogens is 1. The molecule has 0 aliphatic rings. The van der Waals surface area contributed by atoms with Crippen molar-refractivity contribution in [2.24, 2.45) is 0 Å². The average molecular weight is 290 g/mol. The molecule has 0 amide bonds. The maximum Gasteiger partial charge on any atom is 0.311 e. The Morgan fingerprint density at radius 2 is 2.00 bits per heavy atom. The second-order valence-corrected chi connectivity index (χ2v) is 5.43. The number of nitrogens with zero attached hydrogens (tertiary/aromatic N) is 2. The minimum atomic E-state index is -0.229. The predicted molar refractivity (Wildman–Crippen MR) is 82.2 cm³/mol. The van der Waals surface area contributed by atoms with Gasteiger partial charge in [0.25, 0.3) is 0 Å². The van der Waals surface area contributed by atoms with Gasteiger partial charge >= 0.3 is 5.97 Å². The predicted octanol–water partition coefficient (Wildman–Crippen LogP) is 2.98. The average Bonchev–Trinajstić information content (AvgIpc) is 2.87. The highest BCUT2D eigenvalue weighted by molar-refractivity contribution is 7.13. The van der Waals surface area contributed by atoms with E-state index in [0.29, 0.717) is 6.61 Å². The standard InChI is InChI=1S/C15H18N2O2S/c1-4-19-14(18)9-12-10-20-15(16-12)11-5-7-13(8-6-11)17(2)3/h5-8,10H,4,9H2,1-3H3. The highest BCUT2D eigenvalue weighted by atomic mass is 32.1. The first kappa shape index (κ1) is 14.5. The summed E-state index contributed by atoms with van der Waals surface area (Å²) in [5, 5.41) is 2.83. The van der Waals surface area contributed by atoms with Crippen molar-refractivity contribution in [3.05, 3.63) is 35.3 Å². The molecule has 0 saturated carbocycles. The summed E-state index contributed by atoms with van der Waals surface area (Å²) in [7, 11) is 4.02. The SMILES string of the molecule is CCOC(=O)Cc1csc(-c2ccc(N(C)C)cc2)n1. The fraction of sp³-hybridized carbons (Fsp3) is 0.333. The first-order valence-corrected chi connectivity index (χ1v) is 7.36. The number of benzene rings is 1. The first-order chi connectivity index (χ1) is 9.60. The van der Waals surface area contributed by atoms with Gasteiger partial charge in [-0.25, -0.2) is 4.98 Å². The van der Waals surface area contributed by atoms with Gasteiger partial charge in [-0.2, -0.15) is 0 Å². The highest BCUT2D eigenvalue weighted by Gasteiger charge is 2.09. The molecule has 0 fully saturated rings. The van der Waals surface area contributed by atoms with Crippen LogP contribution in [0.1, 0.15) is 12.6 Å². The molecule has 20 heavy (non-hydrogen) atoms. The van der Waals surface area contributed by atoms with Gasteiger partial charge in [0.05, 0.1) is 18.7 Å². The van der Waals surface area contributed by atoms with E-state index in [4.69, 9.17) is 4.74 Å². The number of carbonyl (C=O) groups excluding carboxylic acids is 1. The Morgan fingerprint density at radius 1 is 1.30 bits per heavy atom. The molecule has 0 spiro atoms. The van der Waals surface area contributed by atoms with Gasteiger partial charge in [-0.1, -0.05) is 0 Å². The Hall–Kier alpha value is -1.88. The number of thiazole rings is 1. The lowest BCUT2D eigenvalue weighted by Gasteiger charge is -2.11. The quantitative estimate of drug-likeness (QED) is 0.794. The Labute approximate surface area is 123 Å². The van der Waals surface area contributed by atoms with Crippen molar-refractivity contribution in [3.8, 4) is 10.6 Å². The van der Waals surface area contributed by atoms with E-state index < -0.39 is 0 Å². The normalized spacial score (nSPS) is 10.3. The van der Waals surface area contributed by atoms with E-state index in [1.165, 1.54) is 0 Å². The first-order valence-electron chi connectivity index (χ1n) is 6.48. The van der Waals surface area contributed by atoms with Crippen LogP contribution in [0.25, 0.3) is 10.6 Å². The fourth-order valence-electron chi connectivity index (χ4n) is 1.78. The van der Waals surface area contributed by atoms with Crippen molar-refractivity contribution in [2.75, 3.05) is 25.6 Å². The van der Waals surface area contributed by atoms with E-state index in [1.54, 1.807) is 18.3 Å². The van der Waals surface area contributed by atoms with Crippen LogP contribution in [0.3, 0.4) is 0 Å². The zero-order valence-electron chi connectivity index (χ0n) is 11.9. The van der Waals surface area contributed by atoms with E-state index in [-0.39, 0.29) is 12.4 Å². The molecule has 0 unspecified atom stereocenters. The lowest BCUT2D eigenvalue weighted by Crippen LogP contribution is -2.08. The van der Waals surface area contributed by atoms with Gasteiger partial charge in [-0.05, 0) is 31.2 Å². The second kappa shape index (κ2) is 6.52. The summed E-state index contributed by atoms with van der Waals surface area (Å²) in [6, 6.07) is 8.20. The summed E-state index contributed by atoms with van der Waals surface area (Å²) in [4.78, 5) is 17.9. The van der Waals surface area contributed by atoms with Crippen LogP contribution < -0.4 is 4.90 Å². The number of esters is 1. The molecule has 0 atom stereocenters. The summed E-state index contributed by atoms with van der Waals surface area (Å²) in [6.07, 6.45) is 0.236. The van der Waals surface area contributed by atoms with Crippen LogP contribution in [-0.2, 0) is 16.0 Å². The number of hydrogen-bond donors (Lipinski definition) is 0. The summed E-state index contributed by atoms with van der Waals surface area (Å²) in [5.41, 5.74) is 2.98. The molecule has 0 radical (unpaired) electrons. The monoisotopic (exact) mass is 290 g/mol. The van der Waals surface area contributed by atoms with Gasteiger partial charge in [0.1, 0.15) is 5.01 Å². The van der Waals surface area contributed by atoms with Gasteiger partial charge < -0.3 is 9.64 Å². The van der Waals surface area contributed by atoms with Gasteiger partial charge in [0.2, 0.25) is 0 Å². The molecule has 2 aromatic rings. The van der Waals surface area contributed by atoms with E-state index in [9.17, 15) is 4.79 Å². The third-order valence-corrected chi connectivity index (χ3v) is 3.75. The molecular formula is C15H18N2O2S. The molecule has 0 aliphatic heterocycles. The van der Waals surface area contributed by atoms with Gasteiger partial charge in [-0.3, -0.25) is 4.79 Å². The fourth-order valence-corrected chi connectivity index (χ4v) is 2.61. The third-order valence-electron chi connectivity index (χ3n) is 2.81. The molecule has 0 bridgehead atoms. The number of rotatable bonds is 5. The van der Waals surface area contributed by atoms with Gasteiger partial charge in [0.15, 0.2) is 0 Å². The highest BCUT2D eigenvalue weighted by Crippen LogP contribution is 2.25. The Bertz CT molecular complexity index is 576. The molecule has 106 valence electrons. The van der Waals surface area contributed by atoms with Crippen molar-refractivity contribution < 1.29 is 9.53 Å². The summed E-state index contributed by atoms with van der Waals surface area (Å²) in [5.74, 6) is -0.229. The topological polar surface area (TPSA) is 42.4 Å². The van der Waals surface area contributed by atoms with Crippen molar-refractivity contribution in [2.45, 2.75) is 13.3 Å². The van der Waals surface area contributed by atoms with Crippen LogP contribution >= 0.6 is 11.3 Å². The van der Waals surface area contributed by atoms with E-state index >= 15 is 0 Å². The minimum absolute atomic E-state index is 0.229. The zero-order valence-corrected chi connectivity index (χ0v) is 12.7. The summed E-state index contributed by atoms with van der Waals surface area (Å²) < 4.78 is 4.92. The Balaban J connectivity index is 2.10. The van der Waals surface area contributed by atoms with Gasteiger partial charge in [0, 0.05) is 30.7 Å². The Morgan fingerprint density at radius 3 is 2.60 bits per heavy atom. The number of hydrogen-bond acceptors (Lipinski definition) is 5. The van der Waals surface area contributed by atoms with Crippen molar-refractivity contribution in [1.82, 2.24) is 4.98 Å². The van der Waals surface area contributed by atoms with E-state index in [1.807, 2.05) is 31.6 Å². The minimum Gasteiger partial charge on any atom is -0.466 e. The van der Waals surface area contributed by atoms with Crippen LogP contribution in [0.4, 0.5) is 5.69 Å². The molecule has 1 aromatic heterocycles. The lowest BCUT2D eigenvalue weighted by molar-refractivity contribution is -0.142. The van der Waals surface area contributed by atoms with Crippen LogP contribution in [0.15, 0.2) is 29.6 Å². The molecule has 2 rings (SSSR count). The molecular weight excluding hydrogens is 272 g/mol. The molecule has 0 aliphatic carbocycles. The molecule has 1 heterocycles. The lowest BCUT2D eigenvalue weighted by atomic mass is 10.2. The van der Waals surface area contributed by atoms with Crippen LogP contribution in [-0.4, -0.2) is 31.7 Å². The number of anilines is 1. The molecule has 0 N–H and O–H groups in total. The molecule has 0 saturated heterocycles.